The van der Waals surface area contributed by atoms with Crippen LogP contribution in [0.5, 0.6) is 5.75 Å². The summed E-state index contributed by atoms with van der Waals surface area (Å²) in [6.07, 6.45) is 1.14. The molecule has 3 aromatic rings. The summed E-state index contributed by atoms with van der Waals surface area (Å²) < 4.78 is 33.8. The van der Waals surface area contributed by atoms with Gasteiger partial charge in [-0.05, 0) is 60.4 Å². The lowest BCUT2D eigenvalue weighted by atomic mass is 10.00. The Bertz CT molecular complexity index is 988. The lowest BCUT2D eigenvalue weighted by Gasteiger charge is -2.19. The van der Waals surface area contributed by atoms with Gasteiger partial charge in [0.05, 0.1) is 12.0 Å². The highest BCUT2D eigenvalue weighted by molar-refractivity contribution is 7.89. The van der Waals surface area contributed by atoms with Gasteiger partial charge in [0.1, 0.15) is 5.75 Å². The molecule has 28 heavy (non-hydrogen) atoms. The topological polar surface area (TPSA) is 55.4 Å². The molecule has 0 aliphatic carbocycles. The first kappa shape index (κ1) is 20.4. The average Bonchev–Trinajstić information content (AvgIpc) is 2.69. The zero-order chi connectivity index (χ0) is 20.0. The maximum atomic E-state index is 12.9. The molecule has 0 fully saturated rings. The normalized spacial score (nSPS) is 12.5. The SMILES string of the molecule is COc1ccc(CC(Cc2ccccc2)NS(=O)(=O)c2ccc(Cl)cc2)cc1. The molecule has 0 aliphatic rings. The Labute approximate surface area is 171 Å². The molecule has 4 nitrogen and oxygen atoms in total. The molecular formula is C22H22ClNO3S. The van der Waals surface area contributed by atoms with Crippen LogP contribution < -0.4 is 9.46 Å². The van der Waals surface area contributed by atoms with Crippen LogP contribution in [0.2, 0.25) is 5.02 Å². The van der Waals surface area contributed by atoms with Crippen molar-refractivity contribution in [3.63, 3.8) is 0 Å². The Morgan fingerprint density at radius 1 is 0.857 bits per heavy atom. The summed E-state index contributed by atoms with van der Waals surface area (Å²) in [6, 6.07) is 23.4. The molecule has 0 saturated heterocycles. The fourth-order valence-corrected chi connectivity index (χ4v) is 4.36. The molecular weight excluding hydrogens is 394 g/mol. The van der Waals surface area contributed by atoms with E-state index in [4.69, 9.17) is 16.3 Å². The third kappa shape index (κ3) is 5.58. The second-order valence-corrected chi connectivity index (χ2v) is 8.66. The molecule has 0 heterocycles. The summed E-state index contributed by atoms with van der Waals surface area (Å²) in [5, 5.41) is 0.498. The van der Waals surface area contributed by atoms with E-state index < -0.39 is 10.0 Å². The van der Waals surface area contributed by atoms with Crippen LogP contribution in [0.1, 0.15) is 11.1 Å². The number of hydrogen-bond acceptors (Lipinski definition) is 3. The summed E-state index contributed by atoms with van der Waals surface area (Å²) in [5.74, 6) is 0.769. The van der Waals surface area contributed by atoms with Crippen LogP contribution in [0.4, 0.5) is 0 Å². The van der Waals surface area contributed by atoms with Crippen molar-refractivity contribution in [3.05, 3.63) is 95.0 Å². The van der Waals surface area contributed by atoms with Gasteiger partial charge in [-0.25, -0.2) is 13.1 Å². The van der Waals surface area contributed by atoms with E-state index in [1.807, 2.05) is 54.6 Å². The predicted molar refractivity (Wildman–Crippen MR) is 112 cm³/mol. The molecule has 0 aliphatic heterocycles. The number of benzene rings is 3. The smallest absolute Gasteiger partial charge is 0.240 e. The highest BCUT2D eigenvalue weighted by atomic mass is 35.5. The standard InChI is InChI=1S/C22H22ClNO3S/c1-27-21-11-7-18(8-12-21)16-20(15-17-5-3-2-4-6-17)24-28(25,26)22-13-9-19(23)10-14-22/h2-14,20,24H,15-16H2,1H3. The maximum absolute atomic E-state index is 12.9. The Morgan fingerprint density at radius 3 is 2.00 bits per heavy atom. The van der Waals surface area contributed by atoms with Gasteiger partial charge in [0, 0.05) is 11.1 Å². The Kier molecular flexibility index (Phi) is 6.73. The number of sulfonamides is 1. The molecule has 0 radical (unpaired) electrons. The maximum Gasteiger partial charge on any atom is 0.240 e. The zero-order valence-corrected chi connectivity index (χ0v) is 17.1. The van der Waals surface area contributed by atoms with E-state index in [2.05, 4.69) is 4.72 Å². The highest BCUT2D eigenvalue weighted by Crippen LogP contribution is 2.18. The summed E-state index contributed by atoms with van der Waals surface area (Å²) in [4.78, 5) is 0.199. The van der Waals surface area contributed by atoms with E-state index in [0.717, 1.165) is 16.9 Å². The molecule has 1 N–H and O–H groups in total. The Morgan fingerprint density at radius 2 is 1.43 bits per heavy atom. The van der Waals surface area contributed by atoms with Gasteiger partial charge in [-0.3, -0.25) is 0 Å². The lowest BCUT2D eigenvalue weighted by Crippen LogP contribution is -2.38. The molecule has 146 valence electrons. The fourth-order valence-electron chi connectivity index (χ4n) is 3.00. The van der Waals surface area contributed by atoms with Crippen LogP contribution in [0.3, 0.4) is 0 Å². The summed E-state index contributed by atoms with van der Waals surface area (Å²) >= 11 is 5.88. The van der Waals surface area contributed by atoms with E-state index in [0.29, 0.717) is 17.9 Å². The number of ether oxygens (including phenoxy) is 1. The zero-order valence-electron chi connectivity index (χ0n) is 15.5. The van der Waals surface area contributed by atoms with Crippen molar-refractivity contribution in [1.29, 1.82) is 0 Å². The molecule has 3 aromatic carbocycles. The Balaban J connectivity index is 1.83. The molecule has 0 bridgehead atoms. The first-order chi connectivity index (χ1) is 13.5. The van der Waals surface area contributed by atoms with Crippen LogP contribution in [0, 0.1) is 0 Å². The number of nitrogens with one attached hydrogen (secondary N) is 1. The molecule has 3 rings (SSSR count). The van der Waals surface area contributed by atoms with Crippen molar-refractivity contribution in [2.75, 3.05) is 7.11 Å². The summed E-state index contributed by atoms with van der Waals surface area (Å²) in [5.41, 5.74) is 2.10. The van der Waals surface area contributed by atoms with E-state index >= 15 is 0 Å². The van der Waals surface area contributed by atoms with Crippen molar-refractivity contribution < 1.29 is 13.2 Å². The van der Waals surface area contributed by atoms with Gasteiger partial charge in [-0.2, -0.15) is 0 Å². The minimum Gasteiger partial charge on any atom is -0.497 e. The highest BCUT2D eigenvalue weighted by Gasteiger charge is 2.21. The van der Waals surface area contributed by atoms with Crippen molar-refractivity contribution in [2.24, 2.45) is 0 Å². The predicted octanol–water partition coefficient (Wildman–Crippen LogP) is 4.48. The van der Waals surface area contributed by atoms with E-state index in [1.54, 1.807) is 19.2 Å². The van der Waals surface area contributed by atoms with E-state index in [-0.39, 0.29) is 10.9 Å². The summed E-state index contributed by atoms with van der Waals surface area (Å²) in [7, 11) is -2.04. The van der Waals surface area contributed by atoms with Crippen LogP contribution in [0.25, 0.3) is 0 Å². The van der Waals surface area contributed by atoms with Crippen molar-refractivity contribution in [3.8, 4) is 5.75 Å². The van der Waals surface area contributed by atoms with Crippen LogP contribution in [-0.4, -0.2) is 21.6 Å². The van der Waals surface area contributed by atoms with E-state index in [1.165, 1.54) is 12.1 Å². The average molecular weight is 416 g/mol. The summed E-state index contributed by atoms with van der Waals surface area (Å²) in [6.45, 7) is 0. The number of halogens is 1. The van der Waals surface area contributed by atoms with Gasteiger partial charge in [0.2, 0.25) is 10.0 Å². The van der Waals surface area contributed by atoms with Crippen molar-refractivity contribution >= 4 is 21.6 Å². The largest absolute Gasteiger partial charge is 0.497 e. The number of methoxy groups -OCH3 is 1. The minimum atomic E-state index is -3.66. The fraction of sp³-hybridized carbons (Fsp3) is 0.182. The third-order valence-electron chi connectivity index (χ3n) is 4.41. The van der Waals surface area contributed by atoms with E-state index in [9.17, 15) is 8.42 Å². The Hall–Kier alpha value is -2.34. The van der Waals surface area contributed by atoms with Crippen molar-refractivity contribution in [1.82, 2.24) is 4.72 Å². The van der Waals surface area contributed by atoms with Crippen LogP contribution >= 0.6 is 11.6 Å². The molecule has 0 spiro atoms. The molecule has 1 unspecified atom stereocenters. The van der Waals surface area contributed by atoms with Gasteiger partial charge >= 0.3 is 0 Å². The second-order valence-electron chi connectivity index (χ2n) is 6.51. The lowest BCUT2D eigenvalue weighted by molar-refractivity contribution is 0.414. The number of rotatable bonds is 8. The van der Waals surface area contributed by atoms with Gasteiger partial charge in [0.25, 0.3) is 0 Å². The minimum absolute atomic E-state index is 0.199. The molecule has 0 amide bonds. The molecule has 0 aromatic heterocycles. The first-order valence-corrected chi connectivity index (χ1v) is 10.8. The molecule has 6 heteroatoms. The van der Waals surface area contributed by atoms with Gasteiger partial charge in [0.15, 0.2) is 0 Å². The molecule has 0 saturated carbocycles. The molecule has 1 atom stereocenters. The van der Waals surface area contributed by atoms with Gasteiger partial charge in [-0.15, -0.1) is 0 Å². The van der Waals surface area contributed by atoms with Crippen LogP contribution in [-0.2, 0) is 22.9 Å². The first-order valence-electron chi connectivity index (χ1n) is 8.91. The van der Waals surface area contributed by atoms with Gasteiger partial charge in [-0.1, -0.05) is 54.1 Å². The quantitative estimate of drug-likeness (QED) is 0.590. The van der Waals surface area contributed by atoms with Crippen molar-refractivity contribution in [2.45, 2.75) is 23.8 Å². The monoisotopic (exact) mass is 415 g/mol. The van der Waals surface area contributed by atoms with Crippen LogP contribution in [0.15, 0.2) is 83.8 Å². The third-order valence-corrected chi connectivity index (χ3v) is 6.20. The second kappa shape index (κ2) is 9.24. The number of hydrogen-bond donors (Lipinski definition) is 1. The van der Waals surface area contributed by atoms with Gasteiger partial charge < -0.3 is 4.74 Å².